The van der Waals surface area contributed by atoms with E-state index in [-0.39, 0.29) is 12.0 Å². The molecule has 1 saturated heterocycles. The summed E-state index contributed by atoms with van der Waals surface area (Å²) in [5.41, 5.74) is 0.667. The molecule has 0 aromatic heterocycles. The number of piperidine rings is 1. The lowest BCUT2D eigenvalue weighted by Crippen LogP contribution is -2.74. The highest BCUT2D eigenvalue weighted by atomic mass is 16.6. The van der Waals surface area contributed by atoms with Gasteiger partial charge >= 0.3 is 5.97 Å². The molecule has 4 aliphatic rings. The summed E-state index contributed by atoms with van der Waals surface area (Å²) in [5.74, 6) is 1.49. The largest absolute Gasteiger partial charge is 0.493 e. The molecule has 2 aliphatic carbocycles. The van der Waals surface area contributed by atoms with E-state index in [2.05, 4.69) is 18.0 Å². The van der Waals surface area contributed by atoms with E-state index in [0.717, 1.165) is 24.9 Å². The Hall–Kier alpha value is -2.05. The van der Waals surface area contributed by atoms with Gasteiger partial charge in [0, 0.05) is 24.9 Å². The molecule has 1 fully saturated rings. The summed E-state index contributed by atoms with van der Waals surface area (Å²) in [6, 6.07) is 4.02. The Bertz CT molecular complexity index is 849. The second-order valence-electron chi connectivity index (χ2n) is 7.88. The van der Waals surface area contributed by atoms with Gasteiger partial charge in [-0.15, -0.1) is 0 Å². The average Bonchev–Trinajstić information content (AvgIpc) is 2.95. The third-order valence-corrected chi connectivity index (χ3v) is 6.82. The van der Waals surface area contributed by atoms with Gasteiger partial charge < -0.3 is 24.2 Å². The number of hydrogen-bond donors (Lipinski definition) is 1. The van der Waals surface area contributed by atoms with Crippen LogP contribution in [0.15, 0.2) is 24.0 Å². The summed E-state index contributed by atoms with van der Waals surface area (Å²) < 4.78 is 17.4. The number of carbonyl (C=O) groups excluding carboxylic acids is 1. The molecule has 4 atom stereocenters. The molecule has 2 heterocycles. The van der Waals surface area contributed by atoms with Crippen LogP contribution < -0.4 is 9.47 Å². The molecule has 6 nitrogen and oxygen atoms in total. The van der Waals surface area contributed by atoms with Crippen molar-refractivity contribution < 1.29 is 24.1 Å². The average molecular weight is 357 g/mol. The number of hydrogen-bond acceptors (Lipinski definition) is 6. The first-order chi connectivity index (χ1) is 12.4. The lowest BCUT2D eigenvalue weighted by Gasteiger charge is -2.61. The molecule has 1 aromatic carbocycles. The zero-order valence-electron chi connectivity index (χ0n) is 15.2. The lowest BCUT2D eigenvalue weighted by molar-refractivity contribution is -0.168. The van der Waals surface area contributed by atoms with Crippen LogP contribution in [0.1, 0.15) is 30.9 Å². The lowest BCUT2D eigenvalue weighted by atomic mass is 9.50. The smallest absolute Gasteiger partial charge is 0.307 e. The zero-order chi connectivity index (χ0) is 18.3. The molecule has 0 saturated carbocycles. The second-order valence-corrected chi connectivity index (χ2v) is 7.88. The van der Waals surface area contributed by atoms with E-state index in [1.807, 2.05) is 12.1 Å². The van der Waals surface area contributed by atoms with Crippen molar-refractivity contribution in [2.75, 3.05) is 20.7 Å². The fourth-order valence-corrected chi connectivity index (χ4v) is 5.75. The first kappa shape index (κ1) is 16.1. The second kappa shape index (κ2) is 5.02. The summed E-state index contributed by atoms with van der Waals surface area (Å²) in [6.45, 7) is 2.25. The number of likely N-dealkylation sites (tertiary alicyclic amines) is 1. The number of methoxy groups -OCH3 is 1. The van der Waals surface area contributed by atoms with Gasteiger partial charge in [0.1, 0.15) is 5.76 Å². The third-order valence-electron chi connectivity index (χ3n) is 6.82. The summed E-state index contributed by atoms with van der Waals surface area (Å²) in [7, 11) is 3.69. The Kier molecular flexibility index (Phi) is 3.12. The van der Waals surface area contributed by atoms with E-state index in [4.69, 9.17) is 14.2 Å². The minimum absolute atomic E-state index is 0.00400. The van der Waals surface area contributed by atoms with Crippen LogP contribution >= 0.6 is 0 Å². The van der Waals surface area contributed by atoms with Crippen molar-refractivity contribution in [1.29, 1.82) is 0 Å². The number of aliphatic hydroxyl groups is 1. The fourth-order valence-electron chi connectivity index (χ4n) is 5.75. The zero-order valence-corrected chi connectivity index (χ0v) is 15.2. The van der Waals surface area contributed by atoms with Crippen molar-refractivity contribution in [2.45, 2.75) is 49.3 Å². The fraction of sp³-hybridized carbons (Fsp3) is 0.550. The molecule has 6 heteroatoms. The van der Waals surface area contributed by atoms with Crippen LogP contribution in [0.25, 0.3) is 0 Å². The predicted molar refractivity (Wildman–Crippen MR) is 93.2 cm³/mol. The van der Waals surface area contributed by atoms with Gasteiger partial charge in [0.25, 0.3) is 0 Å². The summed E-state index contributed by atoms with van der Waals surface area (Å²) in [5, 5.41) is 12.0. The summed E-state index contributed by atoms with van der Waals surface area (Å²) in [6.07, 6.45) is 3.29. The van der Waals surface area contributed by atoms with E-state index in [0.29, 0.717) is 23.7 Å². The normalized spacial score (nSPS) is 36.7. The number of nitrogens with zero attached hydrogens (tertiary/aromatic N) is 1. The molecule has 26 heavy (non-hydrogen) atoms. The van der Waals surface area contributed by atoms with Crippen molar-refractivity contribution >= 4 is 5.97 Å². The van der Waals surface area contributed by atoms with Crippen molar-refractivity contribution in [3.63, 3.8) is 0 Å². The van der Waals surface area contributed by atoms with Crippen LogP contribution in [0.4, 0.5) is 0 Å². The van der Waals surface area contributed by atoms with Gasteiger partial charge in [-0.05, 0) is 44.1 Å². The molecule has 5 rings (SSSR count). The van der Waals surface area contributed by atoms with Crippen LogP contribution in [-0.4, -0.2) is 54.4 Å². The van der Waals surface area contributed by atoms with Gasteiger partial charge in [-0.2, -0.15) is 0 Å². The van der Waals surface area contributed by atoms with Gasteiger partial charge in [0.2, 0.25) is 0 Å². The minimum Gasteiger partial charge on any atom is -0.493 e. The molecule has 1 aromatic rings. The predicted octanol–water partition coefficient (Wildman–Crippen LogP) is 1.54. The molecular formula is C20H23NO5. The Morgan fingerprint density at radius 3 is 2.96 bits per heavy atom. The Morgan fingerprint density at radius 2 is 2.23 bits per heavy atom. The van der Waals surface area contributed by atoms with Crippen molar-refractivity contribution in [3.05, 3.63) is 35.1 Å². The molecule has 1 N–H and O–H groups in total. The van der Waals surface area contributed by atoms with Crippen LogP contribution in [0.3, 0.4) is 0 Å². The first-order valence-electron chi connectivity index (χ1n) is 9.10. The molecule has 0 amide bonds. The number of ether oxygens (including phenoxy) is 3. The Labute approximate surface area is 152 Å². The van der Waals surface area contributed by atoms with E-state index < -0.39 is 17.1 Å². The van der Waals surface area contributed by atoms with Gasteiger partial charge in [0.05, 0.1) is 18.1 Å². The van der Waals surface area contributed by atoms with Crippen molar-refractivity contribution in [1.82, 2.24) is 4.90 Å². The summed E-state index contributed by atoms with van der Waals surface area (Å²) >= 11 is 0. The van der Waals surface area contributed by atoms with Crippen LogP contribution in [0, 0.1) is 0 Å². The summed E-state index contributed by atoms with van der Waals surface area (Å²) in [4.78, 5) is 13.9. The quantitative estimate of drug-likeness (QED) is 0.810. The monoisotopic (exact) mass is 357 g/mol. The molecule has 1 spiro atoms. The topological polar surface area (TPSA) is 68.2 Å². The van der Waals surface area contributed by atoms with Crippen LogP contribution in [-0.2, 0) is 21.4 Å². The highest BCUT2D eigenvalue weighted by Gasteiger charge is 2.72. The number of carbonyl (C=O) groups is 1. The molecule has 138 valence electrons. The van der Waals surface area contributed by atoms with Crippen molar-refractivity contribution in [2.24, 2.45) is 0 Å². The highest BCUT2D eigenvalue weighted by molar-refractivity contribution is 5.69. The third kappa shape index (κ3) is 1.67. The molecular weight excluding hydrogens is 334 g/mol. The van der Waals surface area contributed by atoms with Crippen LogP contribution in [0.5, 0.6) is 11.5 Å². The maximum atomic E-state index is 12.0. The first-order valence-corrected chi connectivity index (χ1v) is 9.10. The van der Waals surface area contributed by atoms with Gasteiger partial charge in [0.15, 0.2) is 17.6 Å². The van der Waals surface area contributed by atoms with E-state index in [1.165, 1.54) is 12.5 Å². The van der Waals surface area contributed by atoms with E-state index in [9.17, 15) is 9.90 Å². The standard InChI is InChI=1S/C20H23NO5/c1-11(22)25-14-6-7-20(23)15-10-12-4-5-13(24-3)17-16(12)19(20,18(14)26-17)8-9-21(15)2/h4-6,15,18,23H,7-10H2,1-3H3/t15?,18?,19-,20+/m0/s1. The molecule has 2 aliphatic heterocycles. The molecule has 2 bridgehead atoms. The van der Waals surface area contributed by atoms with Gasteiger partial charge in [-0.25, -0.2) is 0 Å². The van der Waals surface area contributed by atoms with E-state index >= 15 is 0 Å². The maximum Gasteiger partial charge on any atom is 0.307 e. The SMILES string of the molecule is COc1ccc2c3c1OC1C(OC(C)=O)=CC[C@@]4(O)C(C2)N(C)CC[C@]314. The molecule has 2 unspecified atom stereocenters. The number of esters is 1. The van der Waals surface area contributed by atoms with Crippen molar-refractivity contribution in [3.8, 4) is 11.5 Å². The van der Waals surface area contributed by atoms with Gasteiger partial charge in [-0.3, -0.25) is 4.79 Å². The molecule has 0 radical (unpaired) electrons. The highest BCUT2D eigenvalue weighted by Crippen LogP contribution is 2.65. The van der Waals surface area contributed by atoms with Crippen LogP contribution in [0.2, 0.25) is 0 Å². The van der Waals surface area contributed by atoms with E-state index in [1.54, 1.807) is 7.11 Å². The number of rotatable bonds is 2. The number of benzene rings is 1. The maximum absolute atomic E-state index is 12.0. The minimum atomic E-state index is -0.959. The Balaban J connectivity index is 1.79. The number of likely N-dealkylation sites (N-methyl/N-ethyl adjacent to an activating group) is 1. The van der Waals surface area contributed by atoms with Gasteiger partial charge in [-0.1, -0.05) is 6.07 Å². The Morgan fingerprint density at radius 1 is 1.42 bits per heavy atom.